The van der Waals surface area contributed by atoms with Crippen molar-refractivity contribution in [3.63, 3.8) is 0 Å². The Labute approximate surface area is 92.9 Å². The van der Waals surface area contributed by atoms with Gasteiger partial charge in [-0.05, 0) is 36.8 Å². The fourth-order valence-corrected chi connectivity index (χ4v) is 1.72. The zero-order valence-corrected chi connectivity index (χ0v) is 10.2. The average Bonchev–Trinajstić information content (AvgIpc) is 1.98. The van der Waals surface area contributed by atoms with E-state index in [1.54, 1.807) is 0 Å². The van der Waals surface area contributed by atoms with Crippen LogP contribution in [0.25, 0.3) is 0 Å². The predicted molar refractivity (Wildman–Crippen MR) is 65.7 cm³/mol. The highest BCUT2D eigenvalue weighted by Crippen LogP contribution is 2.14. The van der Waals surface area contributed by atoms with Gasteiger partial charge in [-0.25, -0.2) is 0 Å². The predicted octanol–water partition coefficient (Wildman–Crippen LogP) is 3.06. The fourth-order valence-electron chi connectivity index (χ4n) is 1.72. The highest BCUT2D eigenvalue weighted by Gasteiger charge is 2.05. The van der Waals surface area contributed by atoms with Crippen LogP contribution in [0.4, 0.5) is 5.69 Å². The zero-order valence-electron chi connectivity index (χ0n) is 10.2. The topological polar surface area (TPSA) is 38.9 Å². The van der Waals surface area contributed by atoms with Gasteiger partial charge in [-0.2, -0.15) is 0 Å². The van der Waals surface area contributed by atoms with E-state index in [2.05, 4.69) is 32.7 Å². The van der Waals surface area contributed by atoms with Crippen LogP contribution in [0.1, 0.15) is 39.1 Å². The molecule has 0 saturated heterocycles. The monoisotopic (exact) mass is 206 g/mol. The number of hydrogen-bond donors (Lipinski definition) is 1. The van der Waals surface area contributed by atoms with Gasteiger partial charge in [0.2, 0.25) is 0 Å². The van der Waals surface area contributed by atoms with Gasteiger partial charge in [0, 0.05) is 17.1 Å². The molecule has 2 nitrogen and oxygen atoms in total. The number of nitrogen functional groups attached to an aromatic ring is 1. The second-order valence-corrected chi connectivity index (χ2v) is 5.08. The number of anilines is 1. The lowest BCUT2D eigenvalue weighted by molar-refractivity contribution is 0.613. The highest BCUT2D eigenvalue weighted by atomic mass is 14.7. The summed E-state index contributed by atoms with van der Waals surface area (Å²) in [5.74, 6) is 1.26. The van der Waals surface area contributed by atoms with E-state index in [9.17, 15) is 0 Å². The highest BCUT2D eigenvalue weighted by molar-refractivity contribution is 5.40. The van der Waals surface area contributed by atoms with Crippen LogP contribution in [0.2, 0.25) is 0 Å². The second kappa shape index (κ2) is 5.15. The number of pyridine rings is 1. The quantitative estimate of drug-likeness (QED) is 0.822. The third kappa shape index (κ3) is 4.32. The minimum Gasteiger partial charge on any atom is -0.399 e. The molecule has 0 amide bonds. The summed E-state index contributed by atoms with van der Waals surface area (Å²) >= 11 is 0. The summed E-state index contributed by atoms with van der Waals surface area (Å²) < 4.78 is 0. The molecule has 1 heterocycles. The first-order valence-electron chi connectivity index (χ1n) is 5.72. The largest absolute Gasteiger partial charge is 0.399 e. The van der Waals surface area contributed by atoms with Crippen molar-refractivity contribution >= 4 is 5.69 Å². The Hall–Kier alpha value is -1.05. The Morgan fingerprint density at radius 3 is 1.73 bits per heavy atom. The van der Waals surface area contributed by atoms with Crippen LogP contribution in [0.15, 0.2) is 12.1 Å². The Bertz CT molecular complexity index is 288. The molecule has 15 heavy (non-hydrogen) atoms. The Morgan fingerprint density at radius 1 is 1.00 bits per heavy atom. The summed E-state index contributed by atoms with van der Waals surface area (Å²) in [6.07, 6.45) is 2.02. The molecule has 0 radical (unpaired) electrons. The molecule has 1 rings (SSSR count). The Morgan fingerprint density at radius 2 is 1.40 bits per heavy atom. The lowest BCUT2D eigenvalue weighted by Gasteiger charge is -2.09. The average molecular weight is 206 g/mol. The van der Waals surface area contributed by atoms with Gasteiger partial charge in [0.25, 0.3) is 0 Å². The number of nitrogens with zero attached hydrogens (tertiary/aromatic N) is 1. The number of rotatable bonds is 4. The molecule has 84 valence electrons. The molecule has 0 unspecified atom stereocenters. The van der Waals surface area contributed by atoms with E-state index in [1.165, 1.54) is 0 Å². The van der Waals surface area contributed by atoms with Gasteiger partial charge in [-0.15, -0.1) is 0 Å². The lowest BCUT2D eigenvalue weighted by Crippen LogP contribution is -2.04. The summed E-state index contributed by atoms with van der Waals surface area (Å²) in [5, 5.41) is 0. The van der Waals surface area contributed by atoms with Gasteiger partial charge >= 0.3 is 0 Å². The number of hydrogen-bond acceptors (Lipinski definition) is 2. The molecule has 0 aliphatic heterocycles. The molecule has 0 aliphatic rings. The lowest BCUT2D eigenvalue weighted by atomic mass is 10.0. The standard InChI is InChI=1S/C13H22N2/c1-9(2)5-12-7-11(14)8-13(15-12)6-10(3)4/h7-10H,5-6H2,1-4H3,(H2,14,15). The van der Waals surface area contributed by atoms with Crippen LogP contribution in [-0.4, -0.2) is 4.98 Å². The summed E-state index contributed by atoms with van der Waals surface area (Å²) in [7, 11) is 0. The van der Waals surface area contributed by atoms with Gasteiger partial charge < -0.3 is 5.73 Å². The summed E-state index contributed by atoms with van der Waals surface area (Å²) in [6, 6.07) is 3.98. The van der Waals surface area contributed by atoms with E-state index in [-0.39, 0.29) is 0 Å². The van der Waals surface area contributed by atoms with Crippen molar-refractivity contribution < 1.29 is 0 Å². The molecule has 1 aromatic heterocycles. The van der Waals surface area contributed by atoms with Gasteiger partial charge in [0.1, 0.15) is 0 Å². The second-order valence-electron chi connectivity index (χ2n) is 5.08. The molecular weight excluding hydrogens is 184 g/mol. The van der Waals surface area contributed by atoms with Crippen LogP contribution in [-0.2, 0) is 12.8 Å². The molecule has 2 N–H and O–H groups in total. The van der Waals surface area contributed by atoms with Crippen LogP contribution in [0.5, 0.6) is 0 Å². The van der Waals surface area contributed by atoms with Crippen molar-refractivity contribution in [2.45, 2.75) is 40.5 Å². The summed E-state index contributed by atoms with van der Waals surface area (Å²) in [6.45, 7) is 8.81. The van der Waals surface area contributed by atoms with Crippen molar-refractivity contribution in [1.82, 2.24) is 4.98 Å². The van der Waals surface area contributed by atoms with Crippen LogP contribution in [0.3, 0.4) is 0 Å². The van der Waals surface area contributed by atoms with Gasteiger partial charge in [-0.3, -0.25) is 4.98 Å². The van der Waals surface area contributed by atoms with Gasteiger partial charge in [0.05, 0.1) is 0 Å². The molecule has 0 aromatic carbocycles. The van der Waals surface area contributed by atoms with E-state index in [4.69, 9.17) is 5.73 Å². The molecule has 0 spiro atoms. The van der Waals surface area contributed by atoms with Gasteiger partial charge in [-0.1, -0.05) is 27.7 Å². The van der Waals surface area contributed by atoms with E-state index >= 15 is 0 Å². The van der Waals surface area contributed by atoms with E-state index < -0.39 is 0 Å². The maximum atomic E-state index is 5.87. The molecule has 2 heteroatoms. The maximum Gasteiger partial charge on any atom is 0.0429 e. The van der Waals surface area contributed by atoms with E-state index in [1.807, 2.05) is 12.1 Å². The van der Waals surface area contributed by atoms with Crippen LogP contribution in [0, 0.1) is 11.8 Å². The third-order valence-corrected chi connectivity index (χ3v) is 2.19. The van der Waals surface area contributed by atoms with Crippen molar-refractivity contribution in [1.29, 1.82) is 0 Å². The maximum absolute atomic E-state index is 5.87. The summed E-state index contributed by atoms with van der Waals surface area (Å²) in [4.78, 5) is 4.63. The normalized spacial score (nSPS) is 11.3. The molecule has 0 saturated carbocycles. The smallest absolute Gasteiger partial charge is 0.0429 e. The molecule has 0 atom stereocenters. The first-order chi connectivity index (χ1) is 6.97. The van der Waals surface area contributed by atoms with Crippen LogP contribution < -0.4 is 5.73 Å². The molecule has 0 bridgehead atoms. The molecule has 0 aliphatic carbocycles. The van der Waals surface area contributed by atoms with Crippen molar-refractivity contribution in [3.05, 3.63) is 23.5 Å². The van der Waals surface area contributed by atoms with Crippen molar-refractivity contribution in [2.75, 3.05) is 5.73 Å². The third-order valence-electron chi connectivity index (χ3n) is 2.19. The summed E-state index contributed by atoms with van der Waals surface area (Å²) in [5.41, 5.74) is 8.97. The Kier molecular flexibility index (Phi) is 4.13. The fraction of sp³-hybridized carbons (Fsp3) is 0.615. The molecular formula is C13H22N2. The minimum absolute atomic E-state index is 0.631. The van der Waals surface area contributed by atoms with Gasteiger partial charge in [0.15, 0.2) is 0 Å². The minimum atomic E-state index is 0.631. The Balaban J connectivity index is 2.84. The van der Waals surface area contributed by atoms with Crippen molar-refractivity contribution in [2.24, 2.45) is 11.8 Å². The molecule has 1 aromatic rings. The number of nitrogens with two attached hydrogens (primary N) is 1. The first-order valence-corrected chi connectivity index (χ1v) is 5.72. The first kappa shape index (κ1) is 12.0. The van der Waals surface area contributed by atoms with Crippen molar-refractivity contribution in [3.8, 4) is 0 Å². The van der Waals surface area contributed by atoms with E-state index in [0.717, 1.165) is 29.9 Å². The SMILES string of the molecule is CC(C)Cc1cc(N)cc(CC(C)C)n1. The van der Waals surface area contributed by atoms with Crippen LogP contribution >= 0.6 is 0 Å². The molecule has 0 fully saturated rings. The number of aromatic nitrogens is 1. The van der Waals surface area contributed by atoms with E-state index in [0.29, 0.717) is 11.8 Å². The zero-order chi connectivity index (χ0) is 11.4.